The van der Waals surface area contributed by atoms with E-state index in [1.165, 1.54) is 81.0 Å². The summed E-state index contributed by atoms with van der Waals surface area (Å²) in [7, 11) is 0. The van der Waals surface area contributed by atoms with Gasteiger partial charge in [-0.3, -0.25) is 0 Å². The summed E-state index contributed by atoms with van der Waals surface area (Å²) in [6.45, 7) is 4.81. The van der Waals surface area contributed by atoms with E-state index in [0.29, 0.717) is 0 Å². The van der Waals surface area contributed by atoms with E-state index in [-0.39, 0.29) is 5.41 Å². The summed E-state index contributed by atoms with van der Waals surface area (Å²) in [5.74, 6) is 0. The fraction of sp³-hybridized carbons (Fsp3) is 0.0588. The molecule has 0 fully saturated rings. The zero-order valence-corrected chi connectivity index (χ0v) is 30.9. The predicted molar refractivity (Wildman–Crippen MR) is 231 cm³/mol. The third-order valence-electron chi connectivity index (χ3n) is 11.6. The van der Waals surface area contributed by atoms with Crippen LogP contribution in [0.2, 0.25) is 0 Å². The largest absolute Gasteiger partial charge is 0.311 e. The lowest BCUT2D eigenvalue weighted by Gasteiger charge is -2.35. The molecule has 0 atom stereocenters. The maximum Gasteiger partial charge on any atom is 0.0596 e. The van der Waals surface area contributed by atoms with Gasteiger partial charge in [-0.15, -0.1) is 11.3 Å². The summed E-state index contributed by atoms with van der Waals surface area (Å²) >= 11 is 1.93. The summed E-state index contributed by atoms with van der Waals surface area (Å²) in [6, 6.07) is 66.6. The number of thiophene rings is 1. The zero-order chi connectivity index (χ0) is 36.0. The highest BCUT2D eigenvalue weighted by molar-refractivity contribution is 7.26. The Bertz CT molecular complexity index is 3040. The maximum absolute atomic E-state index is 2.55. The van der Waals surface area contributed by atoms with Crippen molar-refractivity contribution >= 4 is 70.4 Å². The van der Waals surface area contributed by atoms with Crippen LogP contribution < -0.4 is 4.90 Å². The first kappa shape index (κ1) is 31.1. The first-order valence-electron chi connectivity index (χ1n) is 18.7. The van der Waals surface area contributed by atoms with Crippen LogP contribution in [0.1, 0.15) is 25.0 Å². The van der Waals surface area contributed by atoms with Gasteiger partial charge in [0.05, 0.1) is 16.7 Å². The molecule has 0 saturated carbocycles. The topological polar surface area (TPSA) is 8.17 Å². The smallest absolute Gasteiger partial charge is 0.0596 e. The number of benzene rings is 8. The molecule has 10 aromatic rings. The second-order valence-electron chi connectivity index (χ2n) is 15.0. The SMILES string of the molecule is CC1(C)c2ccc(-c3ccc(N(c4ccccc4)c4ccc(-c5ccccc5)cc4)cc3)cc2-n2c3ccccc3c3c4sc5ccccc5c4cc1c32. The number of hydrogen-bond acceptors (Lipinski definition) is 2. The molecule has 2 nitrogen and oxygen atoms in total. The molecule has 11 rings (SSSR count). The number of anilines is 3. The minimum Gasteiger partial charge on any atom is -0.311 e. The molecule has 0 bridgehead atoms. The van der Waals surface area contributed by atoms with Crippen molar-refractivity contribution in [2.24, 2.45) is 0 Å². The Morgan fingerprint density at radius 3 is 1.74 bits per heavy atom. The molecule has 1 aliphatic rings. The summed E-state index contributed by atoms with van der Waals surface area (Å²) in [4.78, 5) is 2.34. The number of rotatable bonds is 5. The normalized spacial score (nSPS) is 13.1. The molecule has 0 spiro atoms. The van der Waals surface area contributed by atoms with Crippen molar-refractivity contribution in [3.05, 3.63) is 193 Å². The lowest BCUT2D eigenvalue weighted by atomic mass is 9.74. The standard InChI is InChI=1S/C51H36N2S/c1-51(2)43-30-25-36(31-46(43)53-45-19-11-9-18-41(45)48-49(53)44(51)32-42-40-17-10-12-20-47(40)54-50(42)48)35-23-28-39(29-24-35)52(37-15-7-4-8-16-37)38-26-21-34(22-27-38)33-13-5-3-6-14-33/h3-32H,1-2H3. The third-order valence-corrected chi connectivity index (χ3v) is 12.8. The molecule has 0 radical (unpaired) electrons. The molecule has 0 saturated heterocycles. The van der Waals surface area contributed by atoms with Crippen LogP contribution in [0.25, 0.3) is 69.9 Å². The molecular weight excluding hydrogens is 673 g/mol. The molecule has 3 heteroatoms. The van der Waals surface area contributed by atoms with E-state index in [4.69, 9.17) is 0 Å². The fourth-order valence-corrected chi connectivity index (χ4v) is 10.1. The Morgan fingerprint density at radius 2 is 1.02 bits per heavy atom. The van der Waals surface area contributed by atoms with Gasteiger partial charge in [-0.2, -0.15) is 0 Å². The number of hydrogen-bond donors (Lipinski definition) is 0. The first-order valence-corrected chi connectivity index (χ1v) is 19.5. The molecule has 8 aromatic carbocycles. The Hall–Kier alpha value is -6.42. The second kappa shape index (κ2) is 11.8. The Morgan fingerprint density at radius 1 is 0.463 bits per heavy atom. The summed E-state index contributed by atoms with van der Waals surface area (Å²) in [5.41, 5.74) is 14.7. The molecule has 0 unspecified atom stereocenters. The van der Waals surface area contributed by atoms with Gasteiger partial charge in [0.15, 0.2) is 0 Å². The van der Waals surface area contributed by atoms with Gasteiger partial charge in [0.2, 0.25) is 0 Å². The molecule has 54 heavy (non-hydrogen) atoms. The van der Waals surface area contributed by atoms with Crippen LogP contribution in [0.15, 0.2) is 182 Å². The number of para-hydroxylation sites is 2. The molecule has 3 heterocycles. The maximum atomic E-state index is 2.55. The van der Waals surface area contributed by atoms with Crippen LogP contribution in [-0.4, -0.2) is 4.57 Å². The molecular formula is C51H36N2S. The second-order valence-corrected chi connectivity index (χ2v) is 16.0. The fourth-order valence-electron chi connectivity index (χ4n) is 8.89. The number of fused-ring (bicyclic) bond motifs is 9. The zero-order valence-electron chi connectivity index (χ0n) is 30.1. The van der Waals surface area contributed by atoms with Crippen molar-refractivity contribution in [1.29, 1.82) is 0 Å². The van der Waals surface area contributed by atoms with Crippen LogP contribution in [0.5, 0.6) is 0 Å². The minimum absolute atomic E-state index is 0.177. The van der Waals surface area contributed by atoms with Gasteiger partial charge in [-0.05, 0) is 94.0 Å². The van der Waals surface area contributed by atoms with Crippen LogP contribution in [-0.2, 0) is 5.41 Å². The van der Waals surface area contributed by atoms with Gasteiger partial charge >= 0.3 is 0 Å². The van der Waals surface area contributed by atoms with Gasteiger partial charge in [0.1, 0.15) is 0 Å². The molecule has 1 aliphatic heterocycles. The lowest BCUT2D eigenvalue weighted by molar-refractivity contribution is 0.631. The van der Waals surface area contributed by atoms with Gasteiger partial charge < -0.3 is 9.47 Å². The Balaban J connectivity index is 1.04. The van der Waals surface area contributed by atoms with Crippen molar-refractivity contribution in [3.8, 4) is 27.9 Å². The minimum atomic E-state index is -0.177. The molecule has 2 aromatic heterocycles. The average Bonchev–Trinajstić information content (AvgIpc) is 3.78. The van der Waals surface area contributed by atoms with Crippen molar-refractivity contribution < 1.29 is 0 Å². The van der Waals surface area contributed by atoms with Crippen LogP contribution >= 0.6 is 11.3 Å². The van der Waals surface area contributed by atoms with Crippen molar-refractivity contribution in [3.63, 3.8) is 0 Å². The summed E-state index contributed by atoms with van der Waals surface area (Å²) in [5, 5.41) is 5.42. The average molecular weight is 709 g/mol. The predicted octanol–water partition coefficient (Wildman–Crippen LogP) is 14.6. The van der Waals surface area contributed by atoms with E-state index in [9.17, 15) is 0 Å². The van der Waals surface area contributed by atoms with Gasteiger partial charge in [0.25, 0.3) is 0 Å². The highest BCUT2D eigenvalue weighted by atomic mass is 32.1. The van der Waals surface area contributed by atoms with Crippen molar-refractivity contribution in [1.82, 2.24) is 4.57 Å². The highest BCUT2D eigenvalue weighted by Gasteiger charge is 2.36. The van der Waals surface area contributed by atoms with E-state index in [0.717, 1.165) is 17.1 Å². The lowest BCUT2D eigenvalue weighted by Crippen LogP contribution is -2.26. The van der Waals surface area contributed by atoms with Crippen LogP contribution in [0, 0.1) is 0 Å². The van der Waals surface area contributed by atoms with Crippen LogP contribution in [0.3, 0.4) is 0 Å². The first-order chi connectivity index (χ1) is 26.5. The molecule has 256 valence electrons. The van der Waals surface area contributed by atoms with E-state index >= 15 is 0 Å². The number of aromatic nitrogens is 1. The Labute approximate surface area is 318 Å². The van der Waals surface area contributed by atoms with Gasteiger partial charge in [-0.1, -0.05) is 135 Å². The molecule has 0 amide bonds. The highest BCUT2D eigenvalue weighted by Crippen LogP contribution is 2.52. The van der Waals surface area contributed by atoms with Gasteiger partial charge in [-0.25, -0.2) is 0 Å². The monoisotopic (exact) mass is 708 g/mol. The van der Waals surface area contributed by atoms with Crippen molar-refractivity contribution in [2.75, 3.05) is 4.90 Å². The molecule has 0 N–H and O–H groups in total. The van der Waals surface area contributed by atoms with Gasteiger partial charge in [0, 0.05) is 53.4 Å². The third kappa shape index (κ3) is 4.58. The van der Waals surface area contributed by atoms with Crippen LogP contribution in [0.4, 0.5) is 17.1 Å². The summed E-state index contributed by atoms with van der Waals surface area (Å²) < 4.78 is 5.28. The van der Waals surface area contributed by atoms with E-state index < -0.39 is 0 Å². The number of nitrogens with zero attached hydrogens (tertiary/aromatic N) is 2. The quantitative estimate of drug-likeness (QED) is 0.173. The van der Waals surface area contributed by atoms with Crippen molar-refractivity contribution in [2.45, 2.75) is 19.3 Å². The van der Waals surface area contributed by atoms with E-state index in [2.05, 4.69) is 205 Å². The Kier molecular flexibility index (Phi) is 6.80. The van der Waals surface area contributed by atoms with E-state index in [1.54, 1.807) is 0 Å². The van der Waals surface area contributed by atoms with E-state index in [1.807, 2.05) is 11.3 Å². The summed E-state index contributed by atoms with van der Waals surface area (Å²) in [6.07, 6.45) is 0. The molecule has 0 aliphatic carbocycles.